The minimum absolute atomic E-state index is 0.231. The predicted molar refractivity (Wildman–Crippen MR) is 95.4 cm³/mol. The van der Waals surface area contributed by atoms with Gasteiger partial charge in [-0.25, -0.2) is 4.79 Å². The van der Waals surface area contributed by atoms with Crippen molar-refractivity contribution >= 4 is 11.9 Å². The van der Waals surface area contributed by atoms with Crippen LogP contribution in [0.25, 0.3) is 11.3 Å². The number of esters is 1. The molecule has 1 N–H and O–H groups in total. The van der Waals surface area contributed by atoms with E-state index in [9.17, 15) is 9.59 Å². The Morgan fingerprint density at radius 1 is 1.15 bits per heavy atom. The van der Waals surface area contributed by atoms with Crippen molar-refractivity contribution in [1.82, 2.24) is 20.1 Å². The lowest BCUT2D eigenvalue weighted by molar-refractivity contribution is 0.0600. The number of carbonyl (C=O) groups is 2. The monoisotopic (exact) mass is 350 g/mol. The van der Waals surface area contributed by atoms with E-state index in [-0.39, 0.29) is 5.91 Å². The van der Waals surface area contributed by atoms with Crippen LogP contribution in [0.3, 0.4) is 0 Å². The number of methoxy groups -OCH3 is 1. The van der Waals surface area contributed by atoms with Crippen molar-refractivity contribution in [3.8, 4) is 11.3 Å². The van der Waals surface area contributed by atoms with Crippen molar-refractivity contribution in [1.29, 1.82) is 0 Å². The standard InChI is InChI=1S/C19H18N4O3/c1-23-16(10-17(22-23)15-4-3-9-20-11-15)12-21-18(24)13-5-7-14(8-6-13)19(25)26-2/h3-11H,12H2,1-2H3,(H,21,24). The molecule has 2 aromatic heterocycles. The van der Waals surface area contributed by atoms with Gasteiger partial charge in [-0.15, -0.1) is 0 Å². The van der Waals surface area contributed by atoms with Gasteiger partial charge in [-0.05, 0) is 42.5 Å². The molecule has 3 rings (SSSR count). The summed E-state index contributed by atoms with van der Waals surface area (Å²) in [5.74, 6) is -0.666. The van der Waals surface area contributed by atoms with Crippen molar-refractivity contribution in [2.24, 2.45) is 7.05 Å². The normalized spacial score (nSPS) is 10.4. The Bertz CT molecular complexity index is 918. The Kier molecular flexibility index (Phi) is 5.07. The second kappa shape index (κ2) is 7.60. The summed E-state index contributed by atoms with van der Waals surface area (Å²) in [6.07, 6.45) is 3.45. The van der Waals surface area contributed by atoms with Crippen LogP contribution in [0.1, 0.15) is 26.4 Å². The highest BCUT2D eigenvalue weighted by atomic mass is 16.5. The van der Waals surface area contributed by atoms with Crippen LogP contribution in [0.4, 0.5) is 0 Å². The number of ether oxygens (including phenoxy) is 1. The summed E-state index contributed by atoms with van der Waals surface area (Å²) in [5.41, 5.74) is 3.44. The number of rotatable bonds is 5. The van der Waals surface area contributed by atoms with E-state index in [0.29, 0.717) is 17.7 Å². The molecule has 0 fully saturated rings. The summed E-state index contributed by atoms with van der Waals surface area (Å²) in [6, 6.07) is 12.0. The molecule has 0 atom stereocenters. The molecule has 0 aliphatic heterocycles. The zero-order valence-corrected chi connectivity index (χ0v) is 14.5. The molecule has 1 aromatic carbocycles. The maximum atomic E-state index is 12.3. The number of pyridine rings is 1. The largest absolute Gasteiger partial charge is 0.465 e. The van der Waals surface area contributed by atoms with Crippen LogP contribution in [-0.4, -0.2) is 33.8 Å². The number of aryl methyl sites for hydroxylation is 1. The predicted octanol–water partition coefficient (Wildman–Crippen LogP) is 2.20. The Morgan fingerprint density at radius 3 is 2.54 bits per heavy atom. The van der Waals surface area contributed by atoms with E-state index in [1.807, 2.05) is 25.2 Å². The van der Waals surface area contributed by atoms with E-state index in [4.69, 9.17) is 0 Å². The summed E-state index contributed by atoms with van der Waals surface area (Å²) in [7, 11) is 3.14. The molecule has 0 radical (unpaired) electrons. The van der Waals surface area contributed by atoms with E-state index >= 15 is 0 Å². The van der Waals surface area contributed by atoms with Gasteiger partial charge in [0, 0.05) is 30.6 Å². The topological polar surface area (TPSA) is 86.1 Å². The highest BCUT2D eigenvalue weighted by molar-refractivity contribution is 5.96. The van der Waals surface area contributed by atoms with Gasteiger partial charge in [-0.2, -0.15) is 5.10 Å². The summed E-state index contributed by atoms with van der Waals surface area (Å²) in [5, 5.41) is 7.30. The molecular formula is C19H18N4O3. The van der Waals surface area contributed by atoms with Crippen LogP contribution >= 0.6 is 0 Å². The quantitative estimate of drug-likeness (QED) is 0.713. The Morgan fingerprint density at radius 2 is 1.88 bits per heavy atom. The van der Waals surface area contributed by atoms with E-state index in [1.54, 1.807) is 41.3 Å². The van der Waals surface area contributed by atoms with Crippen LogP contribution < -0.4 is 5.32 Å². The zero-order chi connectivity index (χ0) is 18.5. The minimum Gasteiger partial charge on any atom is -0.465 e. The van der Waals surface area contributed by atoms with Gasteiger partial charge in [0.05, 0.1) is 30.6 Å². The lowest BCUT2D eigenvalue weighted by Gasteiger charge is -2.06. The second-order valence-electron chi connectivity index (χ2n) is 5.64. The number of hydrogen-bond acceptors (Lipinski definition) is 5. The molecule has 0 aliphatic rings. The number of nitrogens with zero attached hydrogens (tertiary/aromatic N) is 3. The summed E-state index contributed by atoms with van der Waals surface area (Å²) < 4.78 is 6.37. The maximum Gasteiger partial charge on any atom is 0.337 e. The van der Waals surface area contributed by atoms with Gasteiger partial charge < -0.3 is 10.1 Å². The van der Waals surface area contributed by atoms with E-state index in [1.165, 1.54) is 7.11 Å². The molecule has 26 heavy (non-hydrogen) atoms. The zero-order valence-electron chi connectivity index (χ0n) is 14.5. The van der Waals surface area contributed by atoms with Crippen LogP contribution in [0, 0.1) is 0 Å². The highest BCUT2D eigenvalue weighted by Crippen LogP contribution is 2.17. The van der Waals surface area contributed by atoms with Gasteiger partial charge >= 0.3 is 5.97 Å². The molecule has 132 valence electrons. The Hall–Kier alpha value is -3.48. The third-order valence-corrected chi connectivity index (χ3v) is 3.93. The third kappa shape index (κ3) is 3.77. The van der Waals surface area contributed by atoms with Gasteiger partial charge in [0.2, 0.25) is 0 Å². The van der Waals surface area contributed by atoms with Crippen molar-refractivity contribution in [3.05, 3.63) is 71.7 Å². The first-order chi connectivity index (χ1) is 12.6. The number of nitrogens with one attached hydrogen (secondary N) is 1. The molecule has 1 amide bonds. The molecule has 0 spiro atoms. The van der Waals surface area contributed by atoms with Crippen LogP contribution in [0.5, 0.6) is 0 Å². The van der Waals surface area contributed by atoms with Crippen LogP contribution in [0.15, 0.2) is 54.9 Å². The fourth-order valence-electron chi connectivity index (χ4n) is 2.48. The molecule has 2 heterocycles. The average Bonchev–Trinajstić information content (AvgIpc) is 3.07. The van der Waals surface area contributed by atoms with Crippen LogP contribution in [-0.2, 0) is 18.3 Å². The molecule has 0 saturated heterocycles. The van der Waals surface area contributed by atoms with Gasteiger partial charge in [-0.3, -0.25) is 14.5 Å². The van der Waals surface area contributed by atoms with Gasteiger partial charge in [-0.1, -0.05) is 0 Å². The molecule has 0 bridgehead atoms. The van der Waals surface area contributed by atoms with Crippen LogP contribution in [0.2, 0.25) is 0 Å². The average molecular weight is 350 g/mol. The van der Waals surface area contributed by atoms with Crippen molar-refractivity contribution < 1.29 is 14.3 Å². The summed E-state index contributed by atoms with van der Waals surface area (Å²) >= 11 is 0. The van der Waals surface area contributed by atoms with E-state index in [0.717, 1.165) is 17.0 Å². The SMILES string of the molecule is COC(=O)c1ccc(C(=O)NCc2cc(-c3cccnc3)nn2C)cc1. The Balaban J connectivity index is 1.66. The highest BCUT2D eigenvalue weighted by Gasteiger charge is 2.11. The number of amides is 1. The lowest BCUT2D eigenvalue weighted by atomic mass is 10.1. The number of carbonyl (C=O) groups excluding carboxylic acids is 2. The fourth-order valence-corrected chi connectivity index (χ4v) is 2.48. The first-order valence-electron chi connectivity index (χ1n) is 7.98. The Labute approximate surface area is 150 Å². The molecule has 0 saturated carbocycles. The first kappa shape index (κ1) is 17.3. The summed E-state index contributed by atoms with van der Waals surface area (Å²) in [6.45, 7) is 0.335. The smallest absolute Gasteiger partial charge is 0.337 e. The third-order valence-electron chi connectivity index (χ3n) is 3.93. The maximum absolute atomic E-state index is 12.3. The van der Waals surface area contributed by atoms with Crippen molar-refractivity contribution in [3.63, 3.8) is 0 Å². The van der Waals surface area contributed by atoms with E-state index < -0.39 is 5.97 Å². The van der Waals surface area contributed by atoms with Crippen molar-refractivity contribution in [2.75, 3.05) is 7.11 Å². The molecule has 7 nitrogen and oxygen atoms in total. The van der Waals surface area contributed by atoms with Gasteiger partial charge in [0.25, 0.3) is 5.91 Å². The van der Waals surface area contributed by atoms with Gasteiger partial charge in [0.15, 0.2) is 0 Å². The fraction of sp³-hybridized carbons (Fsp3) is 0.158. The molecule has 3 aromatic rings. The van der Waals surface area contributed by atoms with Gasteiger partial charge in [0.1, 0.15) is 0 Å². The minimum atomic E-state index is -0.435. The lowest BCUT2D eigenvalue weighted by Crippen LogP contribution is -2.24. The second-order valence-corrected chi connectivity index (χ2v) is 5.64. The molecule has 0 aliphatic carbocycles. The van der Waals surface area contributed by atoms with E-state index in [2.05, 4.69) is 20.1 Å². The number of aromatic nitrogens is 3. The first-order valence-corrected chi connectivity index (χ1v) is 7.98. The number of hydrogen-bond donors (Lipinski definition) is 1. The molecular weight excluding hydrogens is 332 g/mol. The number of benzene rings is 1. The van der Waals surface area contributed by atoms with Crippen molar-refractivity contribution in [2.45, 2.75) is 6.54 Å². The molecule has 0 unspecified atom stereocenters. The summed E-state index contributed by atoms with van der Waals surface area (Å²) in [4.78, 5) is 27.8. The molecule has 7 heteroatoms.